The van der Waals surface area contributed by atoms with Gasteiger partial charge in [-0.1, -0.05) is 330 Å². The lowest BCUT2D eigenvalue weighted by Gasteiger charge is -2.21. The van der Waals surface area contributed by atoms with Crippen molar-refractivity contribution in [2.45, 2.75) is 400 Å². The van der Waals surface area contributed by atoms with Crippen LogP contribution in [-0.4, -0.2) is 96.7 Å². The fraction of sp³-hybridized carbons (Fsp3) is 0.946. The number of aliphatic hydroxyl groups excluding tert-OH is 1. The Bertz CT molecular complexity index is 1800. The molecule has 0 aliphatic rings. The quantitative estimate of drug-likeness (QED) is 0.0222. The second kappa shape index (κ2) is 66.0. The van der Waals surface area contributed by atoms with Crippen LogP contribution in [0.2, 0.25) is 0 Å². The number of phosphoric ester groups is 2. The van der Waals surface area contributed by atoms with Crippen molar-refractivity contribution in [1.82, 2.24) is 0 Å². The molecule has 93 heavy (non-hydrogen) atoms. The fourth-order valence-corrected chi connectivity index (χ4v) is 12.9. The first kappa shape index (κ1) is 91.1. The smallest absolute Gasteiger partial charge is 0.462 e. The Hall–Kier alpha value is -1.94. The van der Waals surface area contributed by atoms with Crippen LogP contribution in [-0.2, 0) is 65.4 Å². The molecule has 19 heteroatoms. The van der Waals surface area contributed by atoms with Crippen molar-refractivity contribution >= 4 is 39.5 Å². The molecular formula is C74H144O17P2. The minimum absolute atomic E-state index is 0.107. The molecule has 0 fully saturated rings. The summed E-state index contributed by atoms with van der Waals surface area (Å²) in [6, 6.07) is 0. The summed E-state index contributed by atoms with van der Waals surface area (Å²) in [4.78, 5) is 72.7. The van der Waals surface area contributed by atoms with Gasteiger partial charge in [-0.3, -0.25) is 37.3 Å². The first-order valence-electron chi connectivity index (χ1n) is 38.5. The van der Waals surface area contributed by atoms with Crippen LogP contribution in [0.4, 0.5) is 0 Å². The maximum atomic E-state index is 13.1. The summed E-state index contributed by atoms with van der Waals surface area (Å²) >= 11 is 0. The average molecular weight is 1370 g/mol. The monoisotopic (exact) mass is 1370 g/mol. The molecule has 0 aromatic rings. The molecule has 0 saturated carbocycles. The van der Waals surface area contributed by atoms with Gasteiger partial charge in [0.15, 0.2) is 12.2 Å². The number of aliphatic hydroxyl groups is 1. The third-order valence-corrected chi connectivity index (χ3v) is 19.1. The molecule has 3 N–H and O–H groups in total. The molecular weight excluding hydrogens is 1220 g/mol. The zero-order chi connectivity index (χ0) is 68.6. The molecule has 0 bridgehead atoms. The zero-order valence-corrected chi connectivity index (χ0v) is 62.3. The van der Waals surface area contributed by atoms with Gasteiger partial charge in [-0.25, -0.2) is 9.13 Å². The molecule has 552 valence electrons. The fourth-order valence-electron chi connectivity index (χ4n) is 11.3. The van der Waals surface area contributed by atoms with Gasteiger partial charge in [0.2, 0.25) is 0 Å². The minimum Gasteiger partial charge on any atom is -0.462 e. The topological polar surface area (TPSA) is 237 Å². The van der Waals surface area contributed by atoms with Crippen LogP contribution in [0.5, 0.6) is 0 Å². The van der Waals surface area contributed by atoms with Crippen molar-refractivity contribution in [2.75, 3.05) is 39.6 Å². The van der Waals surface area contributed by atoms with Crippen molar-refractivity contribution in [3.8, 4) is 0 Å². The normalized spacial score (nSPS) is 14.1. The number of carbonyl (C=O) groups is 4. The van der Waals surface area contributed by atoms with Crippen molar-refractivity contribution in [1.29, 1.82) is 0 Å². The summed E-state index contributed by atoms with van der Waals surface area (Å²) in [6.07, 6.45) is 52.6. The van der Waals surface area contributed by atoms with Crippen LogP contribution in [0, 0.1) is 11.8 Å². The highest BCUT2D eigenvalue weighted by molar-refractivity contribution is 7.47. The number of carbonyl (C=O) groups excluding carboxylic acids is 4. The Balaban J connectivity index is 5.22. The van der Waals surface area contributed by atoms with Crippen molar-refractivity contribution < 1.29 is 80.2 Å². The summed E-state index contributed by atoms with van der Waals surface area (Å²) in [7, 11) is -9.90. The summed E-state index contributed by atoms with van der Waals surface area (Å²) in [6.45, 7) is 9.60. The first-order valence-corrected chi connectivity index (χ1v) is 41.5. The van der Waals surface area contributed by atoms with E-state index in [4.69, 9.17) is 37.0 Å². The van der Waals surface area contributed by atoms with Gasteiger partial charge in [0.05, 0.1) is 26.4 Å². The number of hydrogen-bond acceptors (Lipinski definition) is 15. The van der Waals surface area contributed by atoms with E-state index in [-0.39, 0.29) is 25.7 Å². The third-order valence-electron chi connectivity index (χ3n) is 17.2. The number of esters is 4. The highest BCUT2D eigenvalue weighted by Crippen LogP contribution is 2.45. The maximum Gasteiger partial charge on any atom is 0.472 e. The lowest BCUT2D eigenvalue weighted by Crippen LogP contribution is -2.30. The predicted octanol–water partition coefficient (Wildman–Crippen LogP) is 21.6. The first-order chi connectivity index (χ1) is 44.9. The predicted molar refractivity (Wildman–Crippen MR) is 377 cm³/mol. The van der Waals surface area contributed by atoms with Gasteiger partial charge in [0.1, 0.15) is 19.3 Å². The molecule has 5 atom stereocenters. The Labute approximate surface area is 568 Å². The molecule has 17 nitrogen and oxygen atoms in total. The van der Waals surface area contributed by atoms with E-state index in [0.29, 0.717) is 25.7 Å². The summed E-state index contributed by atoms with van der Waals surface area (Å²) in [5, 5.41) is 10.6. The van der Waals surface area contributed by atoms with Crippen LogP contribution >= 0.6 is 15.6 Å². The van der Waals surface area contributed by atoms with Gasteiger partial charge >= 0.3 is 39.5 Å². The van der Waals surface area contributed by atoms with E-state index in [0.717, 1.165) is 102 Å². The number of unbranched alkanes of at least 4 members (excludes halogenated alkanes) is 43. The highest BCUT2D eigenvalue weighted by Gasteiger charge is 2.30. The highest BCUT2D eigenvalue weighted by atomic mass is 31.2. The van der Waals surface area contributed by atoms with E-state index in [1.807, 2.05) is 0 Å². The van der Waals surface area contributed by atoms with E-state index in [1.165, 1.54) is 199 Å². The molecule has 0 heterocycles. The molecule has 2 unspecified atom stereocenters. The van der Waals surface area contributed by atoms with Gasteiger partial charge in [-0.2, -0.15) is 0 Å². The minimum atomic E-state index is -4.96. The Morgan fingerprint density at radius 3 is 0.731 bits per heavy atom. The SMILES string of the molecule is CCCCCCCCCCCCC(=O)OC[C@H](COP(=O)(O)OC[C@H](O)COP(=O)(O)OC[C@@H](COC(=O)CCCCCCCCCCCCCCC(C)C)OC(=O)CCCCCCCCCCCCCCCCCC(C)C)OC(=O)CCCCCCCCCCCC. The van der Waals surface area contributed by atoms with Crippen LogP contribution in [0.3, 0.4) is 0 Å². The number of ether oxygens (including phenoxy) is 4. The lowest BCUT2D eigenvalue weighted by molar-refractivity contribution is -0.161. The van der Waals surface area contributed by atoms with E-state index in [2.05, 4.69) is 41.5 Å². The second-order valence-electron chi connectivity index (χ2n) is 27.6. The van der Waals surface area contributed by atoms with Crippen molar-refractivity contribution in [2.24, 2.45) is 11.8 Å². The van der Waals surface area contributed by atoms with Crippen molar-refractivity contribution in [3.63, 3.8) is 0 Å². The van der Waals surface area contributed by atoms with Gasteiger partial charge in [-0.15, -0.1) is 0 Å². The van der Waals surface area contributed by atoms with E-state index < -0.39 is 97.5 Å². The summed E-state index contributed by atoms with van der Waals surface area (Å²) < 4.78 is 68.4. The molecule has 0 aromatic carbocycles. The molecule has 0 aliphatic carbocycles. The zero-order valence-electron chi connectivity index (χ0n) is 60.6. The van der Waals surface area contributed by atoms with Gasteiger partial charge in [0.25, 0.3) is 0 Å². The van der Waals surface area contributed by atoms with E-state index >= 15 is 0 Å². The van der Waals surface area contributed by atoms with E-state index in [9.17, 15) is 43.2 Å². The van der Waals surface area contributed by atoms with Gasteiger partial charge in [0, 0.05) is 25.7 Å². The average Bonchev–Trinajstić information content (AvgIpc) is 2.37. The van der Waals surface area contributed by atoms with Crippen LogP contribution in [0.1, 0.15) is 382 Å². The molecule has 0 radical (unpaired) electrons. The number of hydrogen-bond donors (Lipinski definition) is 3. The van der Waals surface area contributed by atoms with Crippen LogP contribution in [0.15, 0.2) is 0 Å². The molecule has 0 aliphatic heterocycles. The van der Waals surface area contributed by atoms with Gasteiger partial charge in [-0.05, 0) is 37.5 Å². The standard InChI is InChI=1S/C74H144O17P2/c1-7-9-11-13-15-17-32-38-44-50-56-71(76)84-62-69(90-73(78)58-52-46-40-33-18-16-14-12-10-8-2)64-88-92(80,81)86-60-68(75)61-87-93(82,83)89-65-70(63-85-72(77)57-51-45-39-34-28-25-24-27-31-37-43-49-55-67(5)6)91-74(79)59-53-47-41-35-29-23-21-19-20-22-26-30-36-42-48-54-66(3)4/h66-70,75H,7-65H2,1-6H3,(H,80,81)(H,82,83)/t68-,69+,70+/m0/s1. The summed E-state index contributed by atoms with van der Waals surface area (Å²) in [5.41, 5.74) is 0. The molecule has 0 saturated heterocycles. The largest absolute Gasteiger partial charge is 0.472 e. The van der Waals surface area contributed by atoms with Gasteiger partial charge < -0.3 is 33.8 Å². The Morgan fingerprint density at radius 2 is 0.495 bits per heavy atom. The maximum absolute atomic E-state index is 13.1. The molecule has 0 spiro atoms. The summed E-state index contributed by atoms with van der Waals surface area (Å²) in [5.74, 6) is -0.533. The Morgan fingerprint density at radius 1 is 0.290 bits per heavy atom. The molecule has 0 rings (SSSR count). The Kier molecular flexibility index (Phi) is 64.6. The number of phosphoric acid groups is 2. The second-order valence-corrected chi connectivity index (χ2v) is 30.5. The molecule has 0 aromatic heterocycles. The lowest BCUT2D eigenvalue weighted by atomic mass is 10.0. The number of rotatable bonds is 73. The van der Waals surface area contributed by atoms with Crippen LogP contribution < -0.4 is 0 Å². The van der Waals surface area contributed by atoms with Crippen LogP contribution in [0.25, 0.3) is 0 Å². The molecule has 0 amide bonds. The van der Waals surface area contributed by atoms with Crippen molar-refractivity contribution in [3.05, 3.63) is 0 Å². The third kappa shape index (κ3) is 68.4. The van der Waals surface area contributed by atoms with E-state index in [1.54, 1.807) is 0 Å².